The van der Waals surface area contributed by atoms with Gasteiger partial charge in [0.05, 0.1) is 6.10 Å². The number of rotatable bonds is 8. The van der Waals surface area contributed by atoms with Crippen molar-refractivity contribution in [2.24, 2.45) is 0 Å². The molecule has 2 aromatic carbocycles. The van der Waals surface area contributed by atoms with E-state index in [9.17, 15) is 0 Å². The van der Waals surface area contributed by atoms with Gasteiger partial charge in [-0.05, 0) is 57.4 Å². The topological polar surface area (TPSA) is 21.3 Å². The van der Waals surface area contributed by atoms with Gasteiger partial charge in [0.25, 0.3) is 0 Å². The second-order valence-electron chi connectivity index (χ2n) is 6.22. The maximum atomic E-state index is 6.13. The molecule has 0 amide bonds. The van der Waals surface area contributed by atoms with Gasteiger partial charge >= 0.3 is 0 Å². The minimum absolute atomic E-state index is 0.158. The van der Waals surface area contributed by atoms with Gasteiger partial charge in [-0.3, -0.25) is 0 Å². The smallest absolute Gasteiger partial charge is 0.124 e. The summed E-state index contributed by atoms with van der Waals surface area (Å²) < 4.78 is 5.86. The fourth-order valence-electron chi connectivity index (χ4n) is 2.47. The monoisotopic (exact) mass is 331 g/mol. The van der Waals surface area contributed by atoms with Crippen molar-refractivity contribution < 1.29 is 4.74 Å². The lowest BCUT2D eigenvalue weighted by molar-refractivity contribution is 0.239. The van der Waals surface area contributed by atoms with E-state index in [1.54, 1.807) is 0 Å². The Hall–Kier alpha value is -1.51. The molecule has 0 aromatic heterocycles. The first-order valence-electron chi connectivity index (χ1n) is 8.27. The van der Waals surface area contributed by atoms with E-state index < -0.39 is 0 Å². The summed E-state index contributed by atoms with van der Waals surface area (Å²) >= 11 is 6.13. The lowest BCUT2D eigenvalue weighted by Gasteiger charge is -2.18. The van der Waals surface area contributed by atoms with Gasteiger partial charge in [0.1, 0.15) is 5.75 Å². The van der Waals surface area contributed by atoms with Gasteiger partial charge < -0.3 is 10.1 Å². The van der Waals surface area contributed by atoms with E-state index >= 15 is 0 Å². The quantitative estimate of drug-likeness (QED) is 0.714. The summed E-state index contributed by atoms with van der Waals surface area (Å²) in [6.45, 7) is 7.05. The van der Waals surface area contributed by atoms with Gasteiger partial charge in [-0.25, -0.2) is 0 Å². The zero-order chi connectivity index (χ0) is 16.7. The van der Waals surface area contributed by atoms with Crippen LogP contribution >= 0.6 is 11.6 Å². The third-order valence-corrected chi connectivity index (χ3v) is 3.97. The van der Waals surface area contributed by atoms with Crippen molar-refractivity contribution in [3.05, 3.63) is 64.7 Å². The van der Waals surface area contributed by atoms with Gasteiger partial charge in [0.2, 0.25) is 0 Å². The van der Waals surface area contributed by atoms with Crippen LogP contribution < -0.4 is 10.1 Å². The Morgan fingerprint density at radius 1 is 1.04 bits per heavy atom. The largest absolute Gasteiger partial charge is 0.491 e. The molecule has 0 saturated heterocycles. The maximum Gasteiger partial charge on any atom is 0.124 e. The van der Waals surface area contributed by atoms with Crippen LogP contribution in [-0.2, 0) is 13.0 Å². The average Bonchev–Trinajstić information content (AvgIpc) is 2.53. The molecular formula is C20H26ClNO. The summed E-state index contributed by atoms with van der Waals surface area (Å²) in [7, 11) is 0. The Morgan fingerprint density at radius 3 is 2.48 bits per heavy atom. The van der Waals surface area contributed by atoms with Crippen molar-refractivity contribution in [1.29, 1.82) is 0 Å². The molecular weight excluding hydrogens is 306 g/mol. The highest BCUT2D eigenvalue weighted by molar-refractivity contribution is 6.30. The normalized spacial score (nSPS) is 12.4. The summed E-state index contributed by atoms with van der Waals surface area (Å²) in [6.07, 6.45) is 2.34. The Bertz CT molecular complexity index is 598. The Morgan fingerprint density at radius 2 is 1.78 bits per heavy atom. The summed E-state index contributed by atoms with van der Waals surface area (Å²) in [5, 5.41) is 4.32. The molecule has 0 spiro atoms. The summed E-state index contributed by atoms with van der Waals surface area (Å²) in [6, 6.07) is 16.8. The molecule has 0 heterocycles. The molecule has 0 radical (unpaired) electrons. The molecule has 3 heteroatoms. The van der Waals surface area contributed by atoms with E-state index in [1.165, 1.54) is 5.56 Å². The third kappa shape index (κ3) is 6.25. The summed E-state index contributed by atoms with van der Waals surface area (Å²) in [5.74, 6) is 0.909. The van der Waals surface area contributed by atoms with E-state index in [1.807, 2.05) is 32.0 Å². The van der Waals surface area contributed by atoms with Crippen molar-refractivity contribution in [2.75, 3.05) is 0 Å². The van der Waals surface area contributed by atoms with Gasteiger partial charge in [-0.15, -0.1) is 0 Å². The number of hydrogen-bond acceptors (Lipinski definition) is 2. The van der Waals surface area contributed by atoms with Crippen LogP contribution in [0.2, 0.25) is 5.02 Å². The predicted molar refractivity (Wildman–Crippen MR) is 98.3 cm³/mol. The first-order valence-corrected chi connectivity index (χ1v) is 8.65. The number of nitrogens with one attached hydrogen (secondary N) is 1. The van der Waals surface area contributed by atoms with Gasteiger partial charge in [0, 0.05) is 23.2 Å². The number of hydrogen-bond donors (Lipinski definition) is 1. The summed E-state index contributed by atoms with van der Waals surface area (Å²) in [4.78, 5) is 0. The van der Waals surface area contributed by atoms with Crippen LogP contribution in [0.15, 0.2) is 48.5 Å². The average molecular weight is 332 g/mol. The maximum absolute atomic E-state index is 6.13. The highest BCUT2D eigenvalue weighted by Gasteiger charge is 2.09. The zero-order valence-electron chi connectivity index (χ0n) is 14.2. The molecule has 0 aliphatic rings. The highest BCUT2D eigenvalue weighted by atomic mass is 35.5. The number of benzene rings is 2. The molecule has 2 aromatic rings. The van der Waals surface area contributed by atoms with E-state index in [2.05, 4.69) is 42.6 Å². The Kier molecular flexibility index (Phi) is 6.94. The fourth-order valence-corrected chi connectivity index (χ4v) is 2.66. The lowest BCUT2D eigenvalue weighted by atomic mass is 10.1. The van der Waals surface area contributed by atoms with Crippen LogP contribution in [0.4, 0.5) is 0 Å². The molecule has 2 rings (SSSR count). The predicted octanol–water partition coefficient (Wildman–Crippen LogP) is 5.24. The van der Waals surface area contributed by atoms with Crippen molar-refractivity contribution in [1.82, 2.24) is 5.32 Å². The lowest BCUT2D eigenvalue weighted by Crippen LogP contribution is -2.26. The van der Waals surface area contributed by atoms with Crippen LogP contribution in [-0.4, -0.2) is 12.1 Å². The zero-order valence-corrected chi connectivity index (χ0v) is 14.9. The second kappa shape index (κ2) is 8.95. The van der Waals surface area contributed by atoms with Crippen LogP contribution in [0.3, 0.4) is 0 Å². The number of ether oxygens (including phenoxy) is 1. The van der Waals surface area contributed by atoms with Crippen LogP contribution in [0.5, 0.6) is 5.75 Å². The number of aryl methyl sites for hydroxylation is 1. The van der Waals surface area contributed by atoms with E-state index in [4.69, 9.17) is 16.3 Å². The van der Waals surface area contributed by atoms with E-state index in [0.29, 0.717) is 6.04 Å². The molecule has 0 bridgehead atoms. The van der Waals surface area contributed by atoms with E-state index in [0.717, 1.165) is 35.7 Å². The number of halogens is 1. The van der Waals surface area contributed by atoms with Gasteiger partial charge in [-0.2, -0.15) is 0 Å². The molecule has 0 aliphatic heterocycles. The molecule has 0 fully saturated rings. The van der Waals surface area contributed by atoms with Crippen molar-refractivity contribution in [2.45, 2.75) is 52.3 Å². The molecule has 1 N–H and O–H groups in total. The molecule has 1 atom stereocenters. The van der Waals surface area contributed by atoms with Crippen LogP contribution in [0.25, 0.3) is 0 Å². The first kappa shape index (κ1) is 17.8. The molecule has 0 saturated carbocycles. The second-order valence-corrected chi connectivity index (χ2v) is 6.66. The minimum atomic E-state index is 0.158. The molecule has 0 unspecified atom stereocenters. The fraction of sp³-hybridized carbons (Fsp3) is 0.400. The van der Waals surface area contributed by atoms with Crippen molar-refractivity contribution in [3.63, 3.8) is 0 Å². The van der Waals surface area contributed by atoms with Crippen molar-refractivity contribution >= 4 is 11.6 Å². The third-order valence-electron chi connectivity index (χ3n) is 3.74. The SMILES string of the molecule is CC(C)Oc1ccc(Cl)cc1CN[C@@H](C)CCc1ccccc1. The van der Waals surface area contributed by atoms with Crippen molar-refractivity contribution in [3.8, 4) is 5.75 Å². The Labute approximate surface area is 144 Å². The van der Waals surface area contributed by atoms with E-state index in [-0.39, 0.29) is 6.10 Å². The highest BCUT2D eigenvalue weighted by Crippen LogP contribution is 2.24. The van der Waals surface area contributed by atoms with Gasteiger partial charge in [-0.1, -0.05) is 41.9 Å². The van der Waals surface area contributed by atoms with Crippen LogP contribution in [0.1, 0.15) is 38.3 Å². The molecule has 23 heavy (non-hydrogen) atoms. The first-order chi connectivity index (χ1) is 11.0. The van der Waals surface area contributed by atoms with Crippen LogP contribution in [0, 0.1) is 0 Å². The minimum Gasteiger partial charge on any atom is -0.491 e. The van der Waals surface area contributed by atoms with Gasteiger partial charge in [0.15, 0.2) is 0 Å². The molecule has 2 nitrogen and oxygen atoms in total. The molecule has 0 aliphatic carbocycles. The Balaban J connectivity index is 1.88. The summed E-state index contributed by atoms with van der Waals surface area (Å²) in [5.41, 5.74) is 2.49. The standard InChI is InChI=1S/C20H26ClNO/c1-15(2)23-20-12-11-19(21)13-18(20)14-22-16(3)9-10-17-7-5-4-6-8-17/h4-8,11-13,15-16,22H,9-10,14H2,1-3H3/t16-/m0/s1. The molecule has 124 valence electrons.